The summed E-state index contributed by atoms with van der Waals surface area (Å²) in [6.45, 7) is 5.77. The quantitative estimate of drug-likeness (QED) is 0.614. The fourth-order valence-electron chi connectivity index (χ4n) is 5.94. The summed E-state index contributed by atoms with van der Waals surface area (Å²) in [6, 6.07) is 8.21. The highest BCUT2D eigenvalue weighted by Gasteiger charge is 2.66. The number of H-pyrrole nitrogens is 1. The van der Waals surface area contributed by atoms with E-state index in [0.717, 1.165) is 44.8 Å². The Bertz CT molecular complexity index is 1090. The summed E-state index contributed by atoms with van der Waals surface area (Å²) in [6.07, 6.45) is 6.47. The van der Waals surface area contributed by atoms with Crippen LogP contribution in [-0.2, 0) is 25.5 Å². The molecule has 2 bridgehead atoms. The molecule has 174 valence electrons. The maximum atomic E-state index is 13.4. The largest absolute Gasteiger partial charge is 0.379 e. The number of fused-ring (bicyclic) bond motifs is 2. The molecule has 33 heavy (non-hydrogen) atoms. The van der Waals surface area contributed by atoms with Gasteiger partial charge in [0.05, 0.1) is 37.7 Å². The standard InChI is InChI=1S/C25H30N4O4/c30-23(26-8-10-28-11-13-32-14-12-28)21-20-5-7-25(33-20)16-29(24(31)22(21)25)9-6-17-15-27-19-4-2-1-3-18(17)19/h1-5,7,15,20-22,27H,6,8-14,16H2,(H,26,30)/t20-,21-,22-,25+/m1/s1. The van der Waals surface area contributed by atoms with Crippen molar-refractivity contribution >= 4 is 22.7 Å². The lowest BCUT2D eigenvalue weighted by Gasteiger charge is -2.27. The molecular formula is C25H30N4O4. The van der Waals surface area contributed by atoms with E-state index in [1.165, 1.54) is 10.9 Å². The Kier molecular flexibility index (Phi) is 5.24. The summed E-state index contributed by atoms with van der Waals surface area (Å²) in [5, 5.41) is 4.26. The predicted molar refractivity (Wildman–Crippen MR) is 123 cm³/mol. The molecule has 0 radical (unpaired) electrons. The molecule has 3 fully saturated rings. The summed E-state index contributed by atoms with van der Waals surface area (Å²) < 4.78 is 11.6. The van der Waals surface area contributed by atoms with Gasteiger partial charge in [-0.1, -0.05) is 30.4 Å². The zero-order valence-corrected chi connectivity index (χ0v) is 18.7. The molecule has 2 amide bonds. The van der Waals surface area contributed by atoms with E-state index >= 15 is 0 Å². The van der Waals surface area contributed by atoms with Crippen molar-refractivity contribution < 1.29 is 19.1 Å². The summed E-state index contributed by atoms with van der Waals surface area (Å²) in [5.74, 6) is -0.921. The van der Waals surface area contributed by atoms with E-state index < -0.39 is 17.4 Å². The molecule has 2 aromatic rings. The summed E-state index contributed by atoms with van der Waals surface area (Å²) in [4.78, 5) is 34.0. The highest BCUT2D eigenvalue weighted by atomic mass is 16.5. The number of aromatic nitrogens is 1. The Morgan fingerprint density at radius 1 is 1.21 bits per heavy atom. The van der Waals surface area contributed by atoms with E-state index in [2.05, 4.69) is 27.3 Å². The molecule has 2 N–H and O–H groups in total. The Morgan fingerprint density at radius 2 is 2.06 bits per heavy atom. The average molecular weight is 451 g/mol. The molecule has 8 nitrogen and oxygen atoms in total. The normalized spacial score (nSPS) is 31.0. The number of hydrogen-bond donors (Lipinski definition) is 2. The van der Waals surface area contributed by atoms with Gasteiger partial charge in [0.25, 0.3) is 0 Å². The number of benzene rings is 1. The molecule has 4 aliphatic heterocycles. The van der Waals surface area contributed by atoms with Gasteiger partial charge >= 0.3 is 0 Å². The Labute approximate surface area is 192 Å². The van der Waals surface area contributed by atoms with Gasteiger partial charge in [0.15, 0.2) is 0 Å². The van der Waals surface area contributed by atoms with Crippen LogP contribution in [0.1, 0.15) is 5.56 Å². The smallest absolute Gasteiger partial charge is 0.230 e. The molecule has 1 aromatic heterocycles. The molecule has 0 aliphatic carbocycles. The van der Waals surface area contributed by atoms with Gasteiger partial charge < -0.3 is 24.7 Å². The van der Waals surface area contributed by atoms with Crippen molar-refractivity contribution in [2.45, 2.75) is 18.1 Å². The second kappa shape index (κ2) is 8.27. The van der Waals surface area contributed by atoms with Crippen molar-refractivity contribution in [3.63, 3.8) is 0 Å². The van der Waals surface area contributed by atoms with Gasteiger partial charge in [0, 0.05) is 49.8 Å². The van der Waals surface area contributed by atoms with E-state index in [4.69, 9.17) is 9.47 Å². The number of carbonyl (C=O) groups is 2. The Morgan fingerprint density at radius 3 is 2.94 bits per heavy atom. The van der Waals surface area contributed by atoms with Gasteiger partial charge in [0.2, 0.25) is 11.8 Å². The monoisotopic (exact) mass is 450 g/mol. The van der Waals surface area contributed by atoms with Crippen molar-refractivity contribution in [3.8, 4) is 0 Å². The fourth-order valence-corrected chi connectivity index (χ4v) is 5.94. The van der Waals surface area contributed by atoms with E-state index in [9.17, 15) is 9.59 Å². The van der Waals surface area contributed by atoms with Gasteiger partial charge in [0.1, 0.15) is 5.60 Å². The van der Waals surface area contributed by atoms with Crippen molar-refractivity contribution in [1.29, 1.82) is 0 Å². The zero-order chi connectivity index (χ0) is 22.4. The highest BCUT2D eigenvalue weighted by molar-refractivity contribution is 5.93. The minimum Gasteiger partial charge on any atom is -0.379 e. The molecule has 1 aromatic carbocycles. The number of para-hydroxylation sites is 1. The molecule has 6 rings (SSSR count). The molecule has 4 aliphatic rings. The fraction of sp³-hybridized carbons (Fsp3) is 0.520. The van der Waals surface area contributed by atoms with Gasteiger partial charge in [-0.25, -0.2) is 0 Å². The number of carbonyl (C=O) groups excluding carboxylic acids is 2. The summed E-state index contributed by atoms with van der Waals surface area (Å²) in [7, 11) is 0. The highest BCUT2D eigenvalue weighted by Crippen LogP contribution is 2.51. The predicted octanol–water partition coefficient (Wildman–Crippen LogP) is 0.941. The first-order valence-corrected chi connectivity index (χ1v) is 11.9. The van der Waals surface area contributed by atoms with Crippen molar-refractivity contribution in [2.24, 2.45) is 11.8 Å². The van der Waals surface area contributed by atoms with Crippen LogP contribution in [0.15, 0.2) is 42.6 Å². The Balaban J connectivity index is 1.10. The topological polar surface area (TPSA) is 86.9 Å². The number of amides is 2. The van der Waals surface area contributed by atoms with E-state index in [-0.39, 0.29) is 17.9 Å². The van der Waals surface area contributed by atoms with Crippen LogP contribution < -0.4 is 5.32 Å². The van der Waals surface area contributed by atoms with Crippen molar-refractivity contribution in [2.75, 3.05) is 52.5 Å². The van der Waals surface area contributed by atoms with Crippen LogP contribution in [0.5, 0.6) is 0 Å². The lowest BCUT2D eigenvalue weighted by atomic mass is 9.77. The van der Waals surface area contributed by atoms with Crippen LogP contribution in [0.25, 0.3) is 10.9 Å². The van der Waals surface area contributed by atoms with E-state index in [1.54, 1.807) is 0 Å². The number of morpholine rings is 1. The minimum atomic E-state index is -0.659. The number of hydrogen-bond acceptors (Lipinski definition) is 5. The van der Waals surface area contributed by atoms with Gasteiger partial charge in [-0.2, -0.15) is 0 Å². The number of likely N-dealkylation sites (tertiary alicyclic amines) is 1. The number of aromatic amines is 1. The van der Waals surface area contributed by atoms with Crippen LogP contribution >= 0.6 is 0 Å². The third kappa shape index (κ3) is 3.57. The molecule has 4 atom stereocenters. The van der Waals surface area contributed by atoms with Crippen LogP contribution in [0, 0.1) is 11.8 Å². The molecule has 5 heterocycles. The average Bonchev–Trinajstić information content (AvgIpc) is 3.58. The maximum absolute atomic E-state index is 13.4. The SMILES string of the molecule is O=C(NCCN1CCOCC1)[C@@H]1[C@H]2C=C[C@@]3(CN(CCc4c[nH]c5ccccc45)C(=O)[C@@H]13)O2. The van der Waals surface area contributed by atoms with Gasteiger partial charge in [-0.05, 0) is 18.1 Å². The lowest BCUT2D eigenvalue weighted by molar-refractivity contribution is -0.137. The first-order chi connectivity index (χ1) is 16.1. The number of nitrogens with zero attached hydrogens (tertiary/aromatic N) is 2. The van der Waals surface area contributed by atoms with Crippen LogP contribution in [0.4, 0.5) is 0 Å². The first-order valence-electron chi connectivity index (χ1n) is 11.9. The third-order valence-electron chi connectivity index (χ3n) is 7.64. The van der Waals surface area contributed by atoms with E-state index in [0.29, 0.717) is 19.6 Å². The Hall–Kier alpha value is -2.68. The molecular weight excluding hydrogens is 420 g/mol. The summed E-state index contributed by atoms with van der Waals surface area (Å²) in [5.41, 5.74) is 1.65. The molecule has 0 saturated carbocycles. The van der Waals surface area contributed by atoms with Gasteiger partial charge in [-0.3, -0.25) is 14.5 Å². The van der Waals surface area contributed by atoms with Crippen LogP contribution in [0.3, 0.4) is 0 Å². The van der Waals surface area contributed by atoms with Crippen LogP contribution in [-0.4, -0.2) is 90.8 Å². The molecule has 0 unspecified atom stereocenters. The second-order valence-electron chi connectivity index (χ2n) is 9.51. The van der Waals surface area contributed by atoms with Crippen LogP contribution in [0.2, 0.25) is 0 Å². The summed E-state index contributed by atoms with van der Waals surface area (Å²) >= 11 is 0. The number of nitrogens with one attached hydrogen (secondary N) is 2. The third-order valence-corrected chi connectivity index (χ3v) is 7.64. The van der Waals surface area contributed by atoms with Gasteiger partial charge in [-0.15, -0.1) is 0 Å². The van der Waals surface area contributed by atoms with E-state index in [1.807, 2.05) is 35.4 Å². The minimum absolute atomic E-state index is 0.0371. The first kappa shape index (κ1) is 20.9. The zero-order valence-electron chi connectivity index (χ0n) is 18.7. The maximum Gasteiger partial charge on any atom is 0.230 e. The lowest BCUT2D eigenvalue weighted by Crippen LogP contribution is -2.47. The molecule has 3 saturated heterocycles. The molecule has 1 spiro atoms. The molecule has 8 heteroatoms. The van der Waals surface area contributed by atoms with Crippen molar-refractivity contribution in [1.82, 2.24) is 20.1 Å². The second-order valence-corrected chi connectivity index (χ2v) is 9.51. The number of rotatable bonds is 7. The van der Waals surface area contributed by atoms with Crippen molar-refractivity contribution in [3.05, 3.63) is 48.2 Å². The number of ether oxygens (including phenoxy) is 2.